The average Bonchev–Trinajstić information content (AvgIpc) is 2.23. The number of hydrogen-bond donors (Lipinski definition) is 2. The number of aliphatic carboxylic acids is 1. The van der Waals surface area contributed by atoms with Crippen molar-refractivity contribution in [3.05, 3.63) is 0 Å². The van der Waals surface area contributed by atoms with E-state index in [9.17, 15) is 9.59 Å². The van der Waals surface area contributed by atoms with Crippen molar-refractivity contribution in [3.8, 4) is 0 Å². The molecule has 0 bridgehead atoms. The molecule has 6 nitrogen and oxygen atoms in total. The zero-order chi connectivity index (χ0) is 15.2. The van der Waals surface area contributed by atoms with Crippen molar-refractivity contribution < 1.29 is 19.4 Å². The van der Waals surface area contributed by atoms with Crippen LogP contribution in [0.1, 0.15) is 34.6 Å². The molecule has 0 saturated heterocycles. The number of ether oxygens (including phenoxy) is 1. The van der Waals surface area contributed by atoms with Crippen LogP contribution in [0.15, 0.2) is 0 Å². The summed E-state index contributed by atoms with van der Waals surface area (Å²) in [7, 11) is 1.57. The van der Waals surface area contributed by atoms with Crippen LogP contribution in [0.5, 0.6) is 0 Å². The average molecular weight is 274 g/mol. The van der Waals surface area contributed by atoms with Gasteiger partial charge in [0, 0.05) is 12.6 Å². The maximum atomic E-state index is 12.2. The highest BCUT2D eigenvalue weighted by molar-refractivity contribution is 5.81. The number of amides is 2. The molecule has 0 aliphatic heterocycles. The first-order valence-corrected chi connectivity index (χ1v) is 6.38. The molecule has 6 heteroatoms. The Morgan fingerprint density at radius 2 is 1.84 bits per heavy atom. The van der Waals surface area contributed by atoms with E-state index < -0.39 is 11.5 Å². The Morgan fingerprint density at radius 3 is 2.16 bits per heavy atom. The van der Waals surface area contributed by atoms with Crippen molar-refractivity contribution in [2.24, 2.45) is 5.92 Å². The largest absolute Gasteiger partial charge is 0.480 e. The number of nitrogens with zero attached hydrogens (tertiary/aromatic N) is 1. The summed E-state index contributed by atoms with van der Waals surface area (Å²) in [6.45, 7) is 9.43. The number of methoxy groups -OCH3 is 1. The quantitative estimate of drug-likeness (QED) is 0.770. The normalized spacial score (nSPS) is 13.2. The van der Waals surface area contributed by atoms with Crippen LogP contribution in [0.3, 0.4) is 0 Å². The molecule has 0 spiro atoms. The number of rotatable bonds is 6. The van der Waals surface area contributed by atoms with Crippen LogP contribution in [0, 0.1) is 5.92 Å². The lowest BCUT2D eigenvalue weighted by molar-refractivity contribution is -0.138. The molecule has 0 aromatic carbocycles. The van der Waals surface area contributed by atoms with E-state index in [1.54, 1.807) is 27.9 Å². The summed E-state index contributed by atoms with van der Waals surface area (Å²) < 4.78 is 5.06. The molecule has 0 saturated carbocycles. The van der Waals surface area contributed by atoms with E-state index in [0.717, 1.165) is 0 Å². The second-order valence-electron chi connectivity index (χ2n) is 5.91. The maximum Gasteiger partial charge on any atom is 0.323 e. The van der Waals surface area contributed by atoms with Crippen LogP contribution in [-0.4, -0.2) is 53.8 Å². The molecule has 0 fully saturated rings. The summed E-state index contributed by atoms with van der Waals surface area (Å²) in [6.07, 6.45) is 0. The van der Waals surface area contributed by atoms with Crippen LogP contribution in [0.4, 0.5) is 4.79 Å². The van der Waals surface area contributed by atoms with E-state index in [4.69, 9.17) is 9.84 Å². The van der Waals surface area contributed by atoms with Crippen LogP contribution in [0.25, 0.3) is 0 Å². The Morgan fingerprint density at radius 1 is 1.32 bits per heavy atom. The number of hydrogen-bond acceptors (Lipinski definition) is 3. The first-order chi connectivity index (χ1) is 8.59. The molecular formula is C13H26N2O4. The summed E-state index contributed by atoms with van der Waals surface area (Å²) in [5, 5.41) is 11.7. The topological polar surface area (TPSA) is 78.9 Å². The fraction of sp³-hybridized carbons (Fsp3) is 0.846. The molecule has 1 unspecified atom stereocenters. The minimum absolute atomic E-state index is 0.142. The number of carbonyl (C=O) groups excluding carboxylic acids is 1. The van der Waals surface area contributed by atoms with E-state index in [0.29, 0.717) is 6.61 Å². The van der Waals surface area contributed by atoms with E-state index in [-0.39, 0.29) is 24.5 Å². The number of carboxylic acids is 1. The molecule has 1 atom stereocenters. The summed E-state index contributed by atoms with van der Waals surface area (Å²) in [4.78, 5) is 24.4. The summed E-state index contributed by atoms with van der Waals surface area (Å²) in [5.41, 5.74) is -0.558. The second kappa shape index (κ2) is 7.33. The zero-order valence-corrected chi connectivity index (χ0v) is 12.7. The van der Waals surface area contributed by atoms with Crippen molar-refractivity contribution in [1.29, 1.82) is 0 Å². The lowest BCUT2D eigenvalue weighted by Crippen LogP contribution is -2.56. The zero-order valence-electron chi connectivity index (χ0n) is 12.7. The second-order valence-corrected chi connectivity index (χ2v) is 5.91. The van der Waals surface area contributed by atoms with Gasteiger partial charge in [-0.3, -0.25) is 4.79 Å². The molecular weight excluding hydrogens is 248 g/mol. The van der Waals surface area contributed by atoms with Gasteiger partial charge in [-0.1, -0.05) is 13.8 Å². The minimum Gasteiger partial charge on any atom is -0.480 e. The highest BCUT2D eigenvalue weighted by atomic mass is 16.5. The van der Waals surface area contributed by atoms with Crippen LogP contribution in [-0.2, 0) is 9.53 Å². The molecule has 0 aliphatic carbocycles. The SMILES string of the molecule is COCC(NC(=O)N(CC(=O)O)C(C)(C)C)C(C)C. The first-order valence-electron chi connectivity index (χ1n) is 6.38. The molecule has 2 N–H and O–H groups in total. The van der Waals surface area contributed by atoms with Gasteiger partial charge in [-0.2, -0.15) is 0 Å². The van der Waals surface area contributed by atoms with Crippen molar-refractivity contribution in [3.63, 3.8) is 0 Å². The number of urea groups is 1. The van der Waals surface area contributed by atoms with Crippen molar-refractivity contribution in [2.45, 2.75) is 46.2 Å². The highest BCUT2D eigenvalue weighted by Gasteiger charge is 2.30. The van der Waals surface area contributed by atoms with Crippen LogP contribution in [0.2, 0.25) is 0 Å². The fourth-order valence-corrected chi connectivity index (χ4v) is 1.57. The van der Waals surface area contributed by atoms with E-state index in [1.165, 1.54) is 4.90 Å². The molecule has 2 amide bonds. The van der Waals surface area contributed by atoms with Gasteiger partial charge in [0.1, 0.15) is 6.54 Å². The fourth-order valence-electron chi connectivity index (χ4n) is 1.57. The van der Waals surface area contributed by atoms with Gasteiger partial charge in [-0.05, 0) is 26.7 Å². The van der Waals surface area contributed by atoms with Crippen molar-refractivity contribution in [1.82, 2.24) is 10.2 Å². The number of carboxylic acid groups (broad SMARTS) is 1. The van der Waals surface area contributed by atoms with E-state index in [2.05, 4.69) is 5.32 Å². The van der Waals surface area contributed by atoms with E-state index in [1.807, 2.05) is 13.8 Å². The Labute approximate surface area is 115 Å². The molecule has 0 aliphatic rings. The summed E-state index contributed by atoms with van der Waals surface area (Å²) in [5.74, 6) is -0.826. The van der Waals surface area contributed by atoms with Gasteiger partial charge in [0.05, 0.1) is 12.6 Å². The van der Waals surface area contributed by atoms with E-state index >= 15 is 0 Å². The van der Waals surface area contributed by atoms with Gasteiger partial charge >= 0.3 is 12.0 Å². The minimum atomic E-state index is -1.03. The van der Waals surface area contributed by atoms with Gasteiger partial charge < -0.3 is 20.1 Å². The lowest BCUT2D eigenvalue weighted by Gasteiger charge is -2.36. The Kier molecular flexibility index (Phi) is 6.83. The van der Waals surface area contributed by atoms with Crippen LogP contribution < -0.4 is 5.32 Å². The van der Waals surface area contributed by atoms with Crippen molar-refractivity contribution >= 4 is 12.0 Å². The predicted octanol–water partition coefficient (Wildman–Crippen LogP) is 1.55. The monoisotopic (exact) mass is 274 g/mol. The third-order valence-corrected chi connectivity index (χ3v) is 2.81. The highest BCUT2D eigenvalue weighted by Crippen LogP contribution is 2.14. The standard InChI is InChI=1S/C13H26N2O4/c1-9(2)10(8-19-6)14-12(18)15(7-11(16)17)13(3,4)5/h9-10H,7-8H2,1-6H3,(H,14,18)(H,16,17). The van der Waals surface area contributed by atoms with Gasteiger partial charge in [0.2, 0.25) is 0 Å². The maximum absolute atomic E-state index is 12.2. The van der Waals surface area contributed by atoms with Gasteiger partial charge in [0.25, 0.3) is 0 Å². The lowest BCUT2D eigenvalue weighted by atomic mass is 10.0. The Balaban J connectivity index is 4.85. The number of nitrogens with one attached hydrogen (secondary N) is 1. The molecule has 0 rings (SSSR count). The summed E-state index contributed by atoms with van der Waals surface area (Å²) >= 11 is 0. The third kappa shape index (κ3) is 6.42. The van der Waals surface area contributed by atoms with Crippen LogP contribution >= 0.6 is 0 Å². The first kappa shape index (κ1) is 17.7. The van der Waals surface area contributed by atoms with Gasteiger partial charge in [-0.25, -0.2) is 4.79 Å². The molecule has 0 aromatic heterocycles. The number of carbonyl (C=O) groups is 2. The smallest absolute Gasteiger partial charge is 0.323 e. The molecule has 0 radical (unpaired) electrons. The summed E-state index contributed by atoms with van der Waals surface area (Å²) in [6, 6.07) is -0.526. The Bertz CT molecular complexity index is 310. The van der Waals surface area contributed by atoms with Gasteiger partial charge in [0.15, 0.2) is 0 Å². The Hall–Kier alpha value is -1.30. The predicted molar refractivity (Wildman–Crippen MR) is 73.1 cm³/mol. The molecule has 0 aromatic rings. The van der Waals surface area contributed by atoms with Crippen molar-refractivity contribution in [2.75, 3.05) is 20.3 Å². The third-order valence-electron chi connectivity index (χ3n) is 2.81. The molecule has 19 heavy (non-hydrogen) atoms. The van der Waals surface area contributed by atoms with Gasteiger partial charge in [-0.15, -0.1) is 0 Å². The molecule has 0 heterocycles. The molecule has 112 valence electrons.